The fraction of sp³-hybridized carbons (Fsp3) is 0.136. The van der Waals surface area contributed by atoms with E-state index in [4.69, 9.17) is 4.74 Å². The van der Waals surface area contributed by atoms with Crippen molar-refractivity contribution < 1.29 is 33.0 Å². The number of hydrogen-bond acceptors (Lipinski definition) is 6. The van der Waals surface area contributed by atoms with Gasteiger partial charge < -0.3 is 9.84 Å². The molecule has 2 amide bonds. The van der Waals surface area contributed by atoms with E-state index in [0.29, 0.717) is 32.4 Å². The summed E-state index contributed by atoms with van der Waals surface area (Å²) in [7, 11) is 1.47. The van der Waals surface area contributed by atoms with Crippen molar-refractivity contribution in [2.24, 2.45) is 0 Å². The van der Waals surface area contributed by atoms with E-state index in [1.807, 2.05) is 0 Å². The quantitative estimate of drug-likeness (QED) is 0.409. The summed E-state index contributed by atoms with van der Waals surface area (Å²) in [5.41, 5.74) is 0.554. The molecule has 0 saturated heterocycles. The number of amides is 2. The Kier molecular flexibility index (Phi) is 5.98. The zero-order chi connectivity index (χ0) is 23.0. The van der Waals surface area contributed by atoms with Gasteiger partial charge in [-0.2, -0.15) is 0 Å². The van der Waals surface area contributed by atoms with Gasteiger partial charge in [-0.1, -0.05) is 0 Å². The van der Waals surface area contributed by atoms with Gasteiger partial charge in [-0.3, -0.25) is 9.59 Å². The number of anilines is 1. The van der Waals surface area contributed by atoms with Crippen molar-refractivity contribution in [1.82, 2.24) is 0 Å². The van der Waals surface area contributed by atoms with Crippen LogP contribution in [0.2, 0.25) is 0 Å². The zero-order valence-electron chi connectivity index (χ0n) is 16.6. The Labute approximate surface area is 189 Å². The number of carboxylic acids is 1. The maximum Gasteiger partial charge on any atom is 0.346 e. The largest absolute Gasteiger partial charge is 0.496 e. The number of halogens is 2. The van der Waals surface area contributed by atoms with Crippen molar-refractivity contribution in [1.29, 1.82) is 0 Å². The zero-order valence-corrected chi connectivity index (χ0v) is 18.2. The molecule has 2 heterocycles. The minimum Gasteiger partial charge on any atom is -0.496 e. The van der Waals surface area contributed by atoms with E-state index in [9.17, 15) is 28.3 Å². The lowest BCUT2D eigenvalue weighted by molar-refractivity contribution is -0.117. The predicted octanol–water partition coefficient (Wildman–Crippen LogP) is 4.75. The first-order valence-corrected chi connectivity index (χ1v) is 11.1. The number of aromatic carboxylic acids is 1. The third kappa shape index (κ3) is 3.98. The van der Waals surface area contributed by atoms with Crippen molar-refractivity contribution >= 4 is 46.6 Å². The van der Waals surface area contributed by atoms with Crippen LogP contribution in [-0.4, -0.2) is 30.0 Å². The predicted molar refractivity (Wildman–Crippen MR) is 116 cm³/mol. The van der Waals surface area contributed by atoms with E-state index >= 15 is 0 Å². The molecule has 0 spiro atoms. The molecule has 0 unspecified atom stereocenters. The molecule has 6 nitrogen and oxygen atoms in total. The summed E-state index contributed by atoms with van der Waals surface area (Å²) in [6.45, 7) is 0. The molecule has 32 heavy (non-hydrogen) atoms. The van der Waals surface area contributed by atoms with Gasteiger partial charge in [0.05, 0.1) is 24.8 Å². The Morgan fingerprint density at radius 3 is 2.72 bits per heavy atom. The third-order valence-corrected chi connectivity index (χ3v) is 6.92. The average molecular weight is 475 g/mol. The SMILES string of the molecule is COc1ccc(F)cc1CSc1ccc(F)c(N2C(=O)Cc3csc(C(=O)O)c3C2=O)c1. The normalized spacial score (nSPS) is 13.3. The highest BCUT2D eigenvalue weighted by Gasteiger charge is 2.38. The summed E-state index contributed by atoms with van der Waals surface area (Å²) in [5, 5.41) is 10.8. The number of thioether (sulfide) groups is 1. The molecule has 3 aromatic rings. The Balaban J connectivity index is 1.65. The molecule has 1 aliphatic heterocycles. The summed E-state index contributed by atoms with van der Waals surface area (Å²) in [6.07, 6.45) is -0.206. The number of rotatable bonds is 6. The number of imide groups is 1. The van der Waals surface area contributed by atoms with Crippen LogP contribution in [0.4, 0.5) is 14.5 Å². The molecule has 0 atom stereocenters. The second kappa shape index (κ2) is 8.71. The first kappa shape index (κ1) is 22.0. The van der Waals surface area contributed by atoms with E-state index in [1.165, 1.54) is 54.6 Å². The lowest BCUT2D eigenvalue weighted by Gasteiger charge is -2.26. The van der Waals surface area contributed by atoms with Crippen LogP contribution in [0.15, 0.2) is 46.7 Å². The van der Waals surface area contributed by atoms with Crippen molar-refractivity contribution in [2.45, 2.75) is 17.1 Å². The Morgan fingerprint density at radius 1 is 1.22 bits per heavy atom. The van der Waals surface area contributed by atoms with Gasteiger partial charge in [0.1, 0.15) is 22.3 Å². The first-order valence-electron chi connectivity index (χ1n) is 9.26. The second-order valence-electron chi connectivity index (χ2n) is 6.84. The van der Waals surface area contributed by atoms with Gasteiger partial charge in [-0.25, -0.2) is 18.5 Å². The average Bonchev–Trinajstić information content (AvgIpc) is 3.18. The number of thiophene rings is 1. The molecule has 1 aromatic heterocycles. The number of carboxylic acid groups (broad SMARTS) is 1. The molecule has 0 fully saturated rings. The first-order chi connectivity index (χ1) is 15.3. The molecule has 0 bridgehead atoms. The van der Waals surface area contributed by atoms with E-state index in [0.717, 1.165) is 17.4 Å². The van der Waals surface area contributed by atoms with Gasteiger partial charge in [0.25, 0.3) is 5.91 Å². The number of benzene rings is 2. The highest BCUT2D eigenvalue weighted by Crippen LogP contribution is 2.36. The number of fused-ring (bicyclic) bond motifs is 1. The summed E-state index contributed by atoms with van der Waals surface area (Å²) in [4.78, 5) is 38.1. The molecule has 1 aliphatic rings. The minimum atomic E-state index is -1.28. The van der Waals surface area contributed by atoms with Crippen LogP contribution in [0, 0.1) is 11.6 Å². The molecule has 0 radical (unpaired) electrons. The lowest BCUT2D eigenvalue weighted by Crippen LogP contribution is -2.43. The monoisotopic (exact) mass is 475 g/mol. The topological polar surface area (TPSA) is 83.9 Å². The summed E-state index contributed by atoms with van der Waals surface area (Å²) >= 11 is 2.10. The van der Waals surface area contributed by atoms with Crippen LogP contribution < -0.4 is 9.64 Å². The van der Waals surface area contributed by atoms with Gasteiger partial charge in [-0.15, -0.1) is 23.1 Å². The molecule has 2 aromatic carbocycles. The number of methoxy groups -OCH3 is 1. The van der Waals surface area contributed by atoms with Gasteiger partial charge >= 0.3 is 5.97 Å². The standard InChI is InChI=1S/C22H15F2NO5S2/c1-30-17-5-2-13(23)6-11(17)9-31-14-3-4-15(24)16(8-14)25-18(26)7-12-10-32-20(22(28)29)19(12)21(25)27/h2-6,8,10H,7,9H2,1H3,(H,28,29). The molecular formula is C22H15F2NO5S2. The van der Waals surface area contributed by atoms with Crippen LogP contribution in [0.25, 0.3) is 0 Å². The fourth-order valence-electron chi connectivity index (χ4n) is 3.40. The maximum absolute atomic E-state index is 14.7. The fourth-order valence-corrected chi connectivity index (χ4v) is 5.21. The van der Waals surface area contributed by atoms with Crippen molar-refractivity contribution in [3.05, 3.63) is 75.0 Å². The summed E-state index contributed by atoms with van der Waals surface area (Å²) in [5.74, 6) is -3.23. The lowest BCUT2D eigenvalue weighted by atomic mass is 10.0. The van der Waals surface area contributed by atoms with E-state index in [-0.39, 0.29) is 22.5 Å². The number of ether oxygens (including phenoxy) is 1. The van der Waals surface area contributed by atoms with Crippen LogP contribution in [0.1, 0.15) is 31.2 Å². The number of nitrogens with zero attached hydrogens (tertiary/aromatic N) is 1. The van der Waals surface area contributed by atoms with Crippen LogP contribution in [0.5, 0.6) is 5.75 Å². The molecule has 0 aliphatic carbocycles. The van der Waals surface area contributed by atoms with Gasteiger partial charge in [0, 0.05) is 16.2 Å². The highest BCUT2D eigenvalue weighted by atomic mass is 32.2. The molecular weight excluding hydrogens is 460 g/mol. The minimum absolute atomic E-state index is 0.0935. The van der Waals surface area contributed by atoms with Crippen molar-refractivity contribution in [3.8, 4) is 5.75 Å². The summed E-state index contributed by atoms with van der Waals surface area (Å²) < 4.78 is 33.5. The number of hydrogen-bond donors (Lipinski definition) is 1. The highest BCUT2D eigenvalue weighted by molar-refractivity contribution is 7.98. The van der Waals surface area contributed by atoms with E-state index in [2.05, 4.69) is 0 Å². The molecule has 164 valence electrons. The van der Waals surface area contributed by atoms with Gasteiger partial charge in [0.15, 0.2) is 0 Å². The molecule has 0 saturated carbocycles. The molecule has 10 heteroatoms. The van der Waals surface area contributed by atoms with Gasteiger partial charge in [0.2, 0.25) is 5.91 Å². The van der Waals surface area contributed by atoms with E-state index in [1.54, 1.807) is 0 Å². The maximum atomic E-state index is 14.7. The number of carbonyl (C=O) groups excluding carboxylic acids is 2. The second-order valence-corrected chi connectivity index (χ2v) is 8.77. The number of carbonyl (C=O) groups is 3. The van der Waals surface area contributed by atoms with Crippen molar-refractivity contribution in [2.75, 3.05) is 12.0 Å². The smallest absolute Gasteiger partial charge is 0.346 e. The molecule has 1 N–H and O–H groups in total. The van der Waals surface area contributed by atoms with Crippen LogP contribution in [-0.2, 0) is 17.0 Å². The molecule has 4 rings (SSSR count). The van der Waals surface area contributed by atoms with Crippen LogP contribution in [0.3, 0.4) is 0 Å². The Hall–Kier alpha value is -3.24. The summed E-state index contributed by atoms with van der Waals surface area (Å²) in [6, 6.07) is 8.07. The Morgan fingerprint density at radius 2 is 2.00 bits per heavy atom. The van der Waals surface area contributed by atoms with Gasteiger partial charge in [-0.05, 0) is 47.3 Å². The van der Waals surface area contributed by atoms with Crippen LogP contribution >= 0.6 is 23.1 Å². The Bertz CT molecular complexity index is 1260. The van der Waals surface area contributed by atoms with E-state index < -0.39 is 29.4 Å². The van der Waals surface area contributed by atoms with Crippen molar-refractivity contribution in [3.63, 3.8) is 0 Å². The third-order valence-electron chi connectivity index (χ3n) is 4.86.